The molecule has 3 aliphatic carbocycles. The van der Waals surface area contributed by atoms with Gasteiger partial charge in [0, 0.05) is 10.8 Å². The lowest BCUT2D eigenvalue weighted by atomic mass is 9.59. The second-order valence-corrected chi connectivity index (χ2v) is 4.73. The molecule has 0 unspecified atom stereocenters. The van der Waals surface area contributed by atoms with E-state index in [1.165, 1.54) is 38.5 Å². The zero-order valence-corrected chi connectivity index (χ0v) is 7.55. The second-order valence-electron chi connectivity index (χ2n) is 4.73. The molecular formula is C12H16. The maximum atomic E-state index is 2.52. The van der Waals surface area contributed by atoms with E-state index in [0.29, 0.717) is 10.8 Å². The van der Waals surface area contributed by atoms with Gasteiger partial charge in [-0.3, -0.25) is 0 Å². The van der Waals surface area contributed by atoms with E-state index in [1.807, 2.05) is 0 Å². The van der Waals surface area contributed by atoms with Crippen molar-refractivity contribution in [3.8, 4) is 0 Å². The highest BCUT2D eigenvalue weighted by molar-refractivity contribution is 5.30. The van der Waals surface area contributed by atoms with Crippen LogP contribution in [0.2, 0.25) is 0 Å². The van der Waals surface area contributed by atoms with Crippen LogP contribution in [0, 0.1) is 10.8 Å². The number of hydrogen-bond donors (Lipinski definition) is 0. The zero-order valence-electron chi connectivity index (χ0n) is 7.55. The fourth-order valence-electron chi connectivity index (χ4n) is 3.61. The van der Waals surface area contributed by atoms with Gasteiger partial charge >= 0.3 is 0 Å². The van der Waals surface area contributed by atoms with Crippen molar-refractivity contribution < 1.29 is 0 Å². The van der Waals surface area contributed by atoms with Crippen molar-refractivity contribution in [2.75, 3.05) is 0 Å². The third-order valence-electron chi connectivity index (χ3n) is 4.33. The molecule has 0 N–H and O–H groups in total. The van der Waals surface area contributed by atoms with Gasteiger partial charge in [0.25, 0.3) is 0 Å². The Bertz CT molecular complexity index is 233. The highest BCUT2D eigenvalue weighted by atomic mass is 14.6. The lowest BCUT2D eigenvalue weighted by Gasteiger charge is -2.44. The van der Waals surface area contributed by atoms with Gasteiger partial charge < -0.3 is 0 Å². The van der Waals surface area contributed by atoms with Gasteiger partial charge in [-0.1, -0.05) is 37.1 Å². The molecule has 0 aromatic rings. The Morgan fingerprint density at radius 1 is 0.750 bits per heavy atom. The highest BCUT2D eigenvalue weighted by Crippen LogP contribution is 2.63. The summed E-state index contributed by atoms with van der Waals surface area (Å²) in [5, 5.41) is 0. The predicted molar refractivity (Wildman–Crippen MR) is 50.8 cm³/mol. The normalized spacial score (nSPS) is 49.3. The van der Waals surface area contributed by atoms with Crippen molar-refractivity contribution in [1.29, 1.82) is 0 Å². The summed E-state index contributed by atoms with van der Waals surface area (Å²) in [6, 6.07) is 0. The minimum absolute atomic E-state index is 0.589. The van der Waals surface area contributed by atoms with Crippen LogP contribution in [-0.2, 0) is 0 Å². The molecule has 3 aliphatic rings. The van der Waals surface area contributed by atoms with Crippen molar-refractivity contribution in [2.24, 2.45) is 10.8 Å². The maximum Gasteiger partial charge on any atom is 0.00101 e. The Hall–Kier alpha value is -0.520. The van der Waals surface area contributed by atoms with Gasteiger partial charge in [0.1, 0.15) is 0 Å². The number of rotatable bonds is 0. The summed E-state index contributed by atoms with van der Waals surface area (Å²) in [6.45, 7) is 0. The molecule has 0 heteroatoms. The number of hydrogen-bond acceptors (Lipinski definition) is 0. The number of allylic oxidation sites excluding steroid dienone is 4. The first-order valence-electron chi connectivity index (χ1n) is 5.22. The molecule has 3 rings (SSSR count). The molecule has 0 bridgehead atoms. The fraction of sp³-hybridized carbons (Fsp3) is 0.667. The van der Waals surface area contributed by atoms with Crippen LogP contribution in [0.3, 0.4) is 0 Å². The molecule has 64 valence electrons. The monoisotopic (exact) mass is 160 g/mol. The Balaban J connectivity index is 2.08. The van der Waals surface area contributed by atoms with Gasteiger partial charge in [-0.15, -0.1) is 0 Å². The van der Waals surface area contributed by atoms with Crippen LogP contribution >= 0.6 is 0 Å². The van der Waals surface area contributed by atoms with Gasteiger partial charge in [0.15, 0.2) is 0 Å². The zero-order chi connectivity index (χ0) is 8.07. The van der Waals surface area contributed by atoms with E-state index in [-0.39, 0.29) is 0 Å². The van der Waals surface area contributed by atoms with E-state index in [4.69, 9.17) is 0 Å². The fourth-order valence-corrected chi connectivity index (χ4v) is 3.61. The van der Waals surface area contributed by atoms with E-state index >= 15 is 0 Å². The van der Waals surface area contributed by atoms with Crippen molar-refractivity contribution in [1.82, 2.24) is 0 Å². The lowest BCUT2D eigenvalue weighted by molar-refractivity contribution is 0.111. The van der Waals surface area contributed by atoms with Crippen LogP contribution in [0.4, 0.5) is 0 Å². The first kappa shape index (κ1) is 6.94. The molecule has 0 nitrogen and oxygen atoms in total. The Labute approximate surface area is 74.4 Å². The molecule has 0 spiro atoms. The van der Waals surface area contributed by atoms with Gasteiger partial charge in [-0.2, -0.15) is 0 Å². The molecule has 0 aromatic carbocycles. The smallest absolute Gasteiger partial charge is 0.00101 e. The standard InChI is InChI=1S/C12H16/c1-2-6-12-9-3-7-11(12,5-1)8-4-10-12/h3-4,7,10H,1-2,5-6,8-9H2/t11-,12+/m1/s1. The predicted octanol–water partition coefficient (Wildman–Crippen LogP) is 3.45. The molecule has 1 fully saturated rings. The minimum atomic E-state index is 0.589. The molecule has 0 aliphatic heterocycles. The average molecular weight is 160 g/mol. The first-order valence-corrected chi connectivity index (χ1v) is 5.22. The van der Waals surface area contributed by atoms with Crippen molar-refractivity contribution in [3.05, 3.63) is 24.3 Å². The average Bonchev–Trinajstić information content (AvgIpc) is 2.57. The van der Waals surface area contributed by atoms with Crippen LogP contribution in [0.1, 0.15) is 38.5 Å². The third kappa shape index (κ3) is 0.608. The summed E-state index contributed by atoms with van der Waals surface area (Å²) >= 11 is 0. The molecule has 0 saturated heterocycles. The molecule has 12 heavy (non-hydrogen) atoms. The van der Waals surface area contributed by atoms with E-state index in [0.717, 1.165) is 0 Å². The van der Waals surface area contributed by atoms with Crippen molar-refractivity contribution in [2.45, 2.75) is 38.5 Å². The first-order chi connectivity index (χ1) is 5.87. The lowest BCUT2D eigenvalue weighted by Crippen LogP contribution is -2.35. The van der Waals surface area contributed by atoms with Crippen LogP contribution in [0.25, 0.3) is 0 Å². The summed E-state index contributed by atoms with van der Waals surface area (Å²) in [5.74, 6) is 0. The van der Waals surface area contributed by atoms with E-state index in [2.05, 4.69) is 24.3 Å². The van der Waals surface area contributed by atoms with Gasteiger partial charge in [0.2, 0.25) is 0 Å². The molecular weight excluding hydrogens is 144 g/mol. The Morgan fingerprint density at radius 3 is 1.75 bits per heavy atom. The molecule has 0 amide bonds. The largest absolute Gasteiger partial charge is 0.0870 e. The summed E-state index contributed by atoms with van der Waals surface area (Å²) in [6.07, 6.45) is 18.3. The van der Waals surface area contributed by atoms with Gasteiger partial charge in [0.05, 0.1) is 0 Å². The topological polar surface area (TPSA) is 0 Å². The molecule has 0 heterocycles. The highest BCUT2D eigenvalue weighted by Gasteiger charge is 2.52. The van der Waals surface area contributed by atoms with Crippen molar-refractivity contribution in [3.63, 3.8) is 0 Å². The Kier molecular flexibility index (Phi) is 1.18. The van der Waals surface area contributed by atoms with Crippen LogP contribution in [-0.4, -0.2) is 0 Å². The Morgan fingerprint density at radius 2 is 1.25 bits per heavy atom. The van der Waals surface area contributed by atoms with Gasteiger partial charge in [-0.05, 0) is 25.7 Å². The summed E-state index contributed by atoms with van der Waals surface area (Å²) < 4.78 is 0. The van der Waals surface area contributed by atoms with E-state index in [1.54, 1.807) is 0 Å². The van der Waals surface area contributed by atoms with Crippen LogP contribution in [0.15, 0.2) is 24.3 Å². The summed E-state index contributed by atoms with van der Waals surface area (Å²) in [5.41, 5.74) is 1.18. The SMILES string of the molecule is C1=C[C@]23CC=C[C@@]2(C1)CCCC3. The summed E-state index contributed by atoms with van der Waals surface area (Å²) in [4.78, 5) is 0. The van der Waals surface area contributed by atoms with E-state index < -0.39 is 0 Å². The second kappa shape index (κ2) is 2.04. The molecule has 0 aromatic heterocycles. The van der Waals surface area contributed by atoms with Gasteiger partial charge in [-0.25, -0.2) is 0 Å². The quantitative estimate of drug-likeness (QED) is 0.476. The van der Waals surface area contributed by atoms with Crippen molar-refractivity contribution >= 4 is 0 Å². The van der Waals surface area contributed by atoms with E-state index in [9.17, 15) is 0 Å². The third-order valence-corrected chi connectivity index (χ3v) is 4.33. The summed E-state index contributed by atoms with van der Waals surface area (Å²) in [7, 11) is 0. The van der Waals surface area contributed by atoms with Crippen LogP contribution < -0.4 is 0 Å². The minimum Gasteiger partial charge on any atom is -0.0870 e. The molecule has 0 radical (unpaired) electrons. The molecule has 2 atom stereocenters. The maximum absolute atomic E-state index is 2.52. The van der Waals surface area contributed by atoms with Crippen LogP contribution in [0.5, 0.6) is 0 Å². The molecule has 1 saturated carbocycles.